The molecule has 6 nitrogen and oxygen atoms in total. The van der Waals surface area contributed by atoms with Gasteiger partial charge in [0.15, 0.2) is 15.2 Å². The third-order valence-electron chi connectivity index (χ3n) is 4.37. The number of thioether (sulfide) groups is 1. The quantitative estimate of drug-likeness (QED) is 0.179. The molecule has 0 aliphatic heterocycles. The summed E-state index contributed by atoms with van der Waals surface area (Å²) in [5, 5.41) is 0.0263. The maximum atomic E-state index is 12.2. The van der Waals surface area contributed by atoms with Crippen molar-refractivity contribution in [3.8, 4) is 0 Å². The standard InChI is InChI=1S/C22H40N3O3PS/c1-16(2)24(17(3)4)29(25(18(5)6)19(7)8)28-15-27-13-14-30-22(26)20-9-11-21(23)12-10-20/h9-12,16-19H,13-15,23H2,1-8H3. The van der Waals surface area contributed by atoms with E-state index in [2.05, 4.69) is 64.7 Å². The van der Waals surface area contributed by atoms with Crippen LogP contribution in [0.1, 0.15) is 65.7 Å². The van der Waals surface area contributed by atoms with E-state index in [-0.39, 0.29) is 11.9 Å². The van der Waals surface area contributed by atoms with Gasteiger partial charge in [-0.3, -0.25) is 4.79 Å². The Balaban J connectivity index is 2.58. The maximum Gasteiger partial charge on any atom is 0.219 e. The number of nitrogens with zero attached hydrogens (tertiary/aromatic N) is 2. The van der Waals surface area contributed by atoms with Crippen LogP contribution >= 0.6 is 20.2 Å². The molecular weight excluding hydrogens is 417 g/mol. The summed E-state index contributed by atoms with van der Waals surface area (Å²) in [5.41, 5.74) is 6.98. The molecule has 0 spiro atoms. The summed E-state index contributed by atoms with van der Waals surface area (Å²) in [6, 6.07) is 8.44. The SMILES string of the molecule is CC(C)N(C(C)C)P(OCOCCSC(=O)c1ccc(N)cc1)N(C(C)C)C(C)C. The lowest BCUT2D eigenvalue weighted by atomic mass is 10.2. The van der Waals surface area contributed by atoms with E-state index in [0.717, 1.165) is 0 Å². The number of ether oxygens (including phenoxy) is 1. The molecule has 1 rings (SSSR count). The van der Waals surface area contributed by atoms with Crippen LogP contribution in [-0.4, -0.2) is 57.8 Å². The first kappa shape index (κ1) is 27.3. The van der Waals surface area contributed by atoms with Crippen molar-refractivity contribution < 1.29 is 14.1 Å². The van der Waals surface area contributed by atoms with Gasteiger partial charge in [0.05, 0.1) is 6.61 Å². The number of anilines is 1. The lowest BCUT2D eigenvalue weighted by Gasteiger charge is -2.45. The molecule has 0 unspecified atom stereocenters. The van der Waals surface area contributed by atoms with Crippen molar-refractivity contribution in [2.24, 2.45) is 0 Å². The number of nitrogens with two attached hydrogens (primary N) is 1. The van der Waals surface area contributed by atoms with Crippen LogP contribution in [0.5, 0.6) is 0 Å². The van der Waals surface area contributed by atoms with Crippen molar-refractivity contribution in [1.29, 1.82) is 0 Å². The molecule has 0 amide bonds. The van der Waals surface area contributed by atoms with Gasteiger partial charge in [0, 0.05) is 41.2 Å². The fourth-order valence-corrected chi connectivity index (χ4v) is 6.22. The van der Waals surface area contributed by atoms with Crippen LogP contribution in [0.2, 0.25) is 0 Å². The highest BCUT2D eigenvalue weighted by molar-refractivity contribution is 8.14. The van der Waals surface area contributed by atoms with Crippen molar-refractivity contribution in [2.75, 3.05) is 24.9 Å². The molecule has 0 saturated carbocycles. The highest BCUT2D eigenvalue weighted by Crippen LogP contribution is 2.50. The third-order valence-corrected chi connectivity index (χ3v) is 8.21. The van der Waals surface area contributed by atoms with Crippen molar-refractivity contribution >= 4 is 31.0 Å². The lowest BCUT2D eigenvalue weighted by Crippen LogP contribution is -2.43. The lowest BCUT2D eigenvalue weighted by molar-refractivity contribution is 0.0154. The molecule has 30 heavy (non-hydrogen) atoms. The van der Waals surface area contributed by atoms with E-state index in [1.165, 1.54) is 11.8 Å². The van der Waals surface area contributed by atoms with Crippen LogP contribution < -0.4 is 5.73 Å². The predicted molar refractivity (Wildman–Crippen MR) is 131 cm³/mol. The summed E-state index contributed by atoms with van der Waals surface area (Å²) < 4.78 is 16.9. The Morgan fingerprint density at radius 3 is 1.83 bits per heavy atom. The monoisotopic (exact) mass is 457 g/mol. The van der Waals surface area contributed by atoms with Gasteiger partial charge >= 0.3 is 0 Å². The van der Waals surface area contributed by atoms with Gasteiger partial charge in [0.2, 0.25) is 5.12 Å². The summed E-state index contributed by atoms with van der Waals surface area (Å²) in [5.74, 6) is 0.584. The van der Waals surface area contributed by atoms with Crippen LogP contribution in [0, 0.1) is 0 Å². The molecule has 0 aromatic heterocycles. The number of carbonyl (C=O) groups excluding carboxylic acids is 1. The average molecular weight is 458 g/mol. The maximum absolute atomic E-state index is 12.2. The van der Waals surface area contributed by atoms with Gasteiger partial charge in [-0.2, -0.15) is 0 Å². The molecule has 172 valence electrons. The first-order valence-corrected chi connectivity index (χ1v) is 12.8. The fourth-order valence-electron chi connectivity index (χ4n) is 3.27. The zero-order valence-corrected chi connectivity index (χ0v) is 21.5. The van der Waals surface area contributed by atoms with Gasteiger partial charge in [-0.25, -0.2) is 9.34 Å². The van der Waals surface area contributed by atoms with Crippen molar-refractivity contribution in [3.63, 3.8) is 0 Å². The van der Waals surface area contributed by atoms with E-state index >= 15 is 0 Å². The van der Waals surface area contributed by atoms with Crippen LogP contribution in [0.15, 0.2) is 24.3 Å². The second-order valence-electron chi connectivity index (χ2n) is 8.30. The Hall–Kier alpha value is -0.690. The zero-order valence-electron chi connectivity index (χ0n) is 19.8. The topological polar surface area (TPSA) is 68.0 Å². The molecule has 0 fully saturated rings. The smallest absolute Gasteiger partial charge is 0.219 e. The molecule has 2 N–H and O–H groups in total. The Bertz CT molecular complexity index is 591. The van der Waals surface area contributed by atoms with E-state index < -0.39 is 8.45 Å². The zero-order chi connectivity index (χ0) is 22.8. The van der Waals surface area contributed by atoms with Crippen LogP contribution in [0.4, 0.5) is 5.69 Å². The summed E-state index contributed by atoms with van der Waals surface area (Å²) in [6.45, 7) is 18.3. The van der Waals surface area contributed by atoms with Gasteiger partial charge in [-0.1, -0.05) is 11.8 Å². The van der Waals surface area contributed by atoms with Crippen molar-refractivity contribution in [1.82, 2.24) is 9.34 Å². The normalized spacial score (nSPS) is 12.5. The van der Waals surface area contributed by atoms with E-state index in [4.69, 9.17) is 15.0 Å². The van der Waals surface area contributed by atoms with E-state index in [9.17, 15) is 4.79 Å². The number of benzene rings is 1. The summed E-state index contributed by atoms with van der Waals surface area (Å²) in [7, 11) is -0.962. The highest BCUT2D eigenvalue weighted by atomic mass is 32.2. The van der Waals surface area contributed by atoms with Gasteiger partial charge in [-0.05, 0) is 79.7 Å². The molecule has 0 bridgehead atoms. The molecule has 0 aliphatic rings. The number of nitrogen functional groups attached to an aromatic ring is 1. The summed E-state index contributed by atoms with van der Waals surface area (Å²) in [6.07, 6.45) is 0. The van der Waals surface area contributed by atoms with Gasteiger partial charge < -0.3 is 15.0 Å². The van der Waals surface area contributed by atoms with Gasteiger partial charge in [0.1, 0.15) is 0 Å². The van der Waals surface area contributed by atoms with E-state index in [1.807, 2.05) is 0 Å². The molecule has 1 aromatic rings. The van der Waals surface area contributed by atoms with Crippen molar-refractivity contribution in [3.05, 3.63) is 29.8 Å². The molecule has 1 aromatic carbocycles. The first-order chi connectivity index (χ1) is 14.1. The van der Waals surface area contributed by atoms with E-state index in [0.29, 0.717) is 47.8 Å². The second-order valence-corrected chi connectivity index (χ2v) is 11.1. The molecule has 0 radical (unpaired) electrons. The van der Waals surface area contributed by atoms with Gasteiger partial charge in [-0.15, -0.1) is 0 Å². The van der Waals surface area contributed by atoms with Crippen LogP contribution in [0.25, 0.3) is 0 Å². The fraction of sp³-hybridized carbons (Fsp3) is 0.682. The van der Waals surface area contributed by atoms with Crippen LogP contribution in [-0.2, 0) is 9.26 Å². The number of hydrogen-bond donors (Lipinski definition) is 1. The second kappa shape index (κ2) is 13.7. The number of rotatable bonds is 13. The van der Waals surface area contributed by atoms with Crippen LogP contribution in [0.3, 0.4) is 0 Å². The average Bonchev–Trinajstić information content (AvgIpc) is 2.63. The number of carbonyl (C=O) groups is 1. The minimum Gasteiger partial charge on any atom is -0.399 e. The molecule has 0 aliphatic carbocycles. The Morgan fingerprint density at radius 2 is 1.40 bits per heavy atom. The van der Waals surface area contributed by atoms with Gasteiger partial charge in [0.25, 0.3) is 0 Å². The first-order valence-electron chi connectivity index (χ1n) is 10.7. The summed E-state index contributed by atoms with van der Waals surface area (Å²) >= 11 is 1.25. The number of hydrogen-bond acceptors (Lipinski definition) is 7. The Morgan fingerprint density at radius 1 is 0.933 bits per heavy atom. The Kier molecular flexibility index (Phi) is 12.5. The Labute approximate surface area is 188 Å². The molecule has 0 atom stereocenters. The highest BCUT2D eigenvalue weighted by Gasteiger charge is 2.34. The van der Waals surface area contributed by atoms with E-state index in [1.54, 1.807) is 24.3 Å². The minimum atomic E-state index is -0.962. The van der Waals surface area contributed by atoms with Crippen molar-refractivity contribution in [2.45, 2.75) is 79.6 Å². The third kappa shape index (κ3) is 8.81. The predicted octanol–water partition coefficient (Wildman–Crippen LogP) is 5.60. The molecule has 8 heteroatoms. The molecule has 0 heterocycles. The minimum absolute atomic E-state index is 0.0263. The largest absolute Gasteiger partial charge is 0.399 e. The molecular formula is C22H40N3O3PS. The molecule has 0 saturated heterocycles. The summed E-state index contributed by atoms with van der Waals surface area (Å²) in [4.78, 5) is 12.2.